The first kappa shape index (κ1) is 23.9. The van der Waals surface area contributed by atoms with Crippen molar-refractivity contribution in [2.75, 3.05) is 0 Å². The number of aromatic amines is 1. The topological polar surface area (TPSA) is 135 Å². The number of aromatic nitrogens is 1. The number of unbranched alkanes of at least 4 members (excludes halogenated alkanes) is 2. The Balaban J connectivity index is 1.62. The number of H-pyrrole nitrogens is 1. The molecule has 4 rings (SSSR count). The van der Waals surface area contributed by atoms with E-state index in [1.54, 1.807) is 36.4 Å². The van der Waals surface area contributed by atoms with Gasteiger partial charge in [-0.3, -0.25) is 10.2 Å². The molecule has 180 valence electrons. The summed E-state index contributed by atoms with van der Waals surface area (Å²) in [6.45, 7) is 2.45. The maximum atomic E-state index is 12.1. The Hall–Kier alpha value is -4.26. The summed E-state index contributed by atoms with van der Waals surface area (Å²) >= 11 is 0. The number of nitrogens with one attached hydrogen (secondary N) is 3. The number of phenols is 2. The fraction of sp³-hybridized carbons (Fsp3) is 0.214. The van der Waals surface area contributed by atoms with Crippen LogP contribution < -0.4 is 11.1 Å². The van der Waals surface area contributed by atoms with Crippen LogP contribution in [0.25, 0.3) is 33.3 Å². The molecule has 0 bridgehead atoms. The number of phenolic OH excluding ortho intramolecular Hbond substituents is 2. The number of nitrogens with two attached hydrogens (primary N) is 1. The molecule has 4 aromatic rings. The van der Waals surface area contributed by atoms with Gasteiger partial charge < -0.3 is 26.2 Å². The molecule has 1 heterocycles. The molecule has 0 aliphatic rings. The molecule has 7 nitrogen and oxygen atoms in total. The molecule has 0 saturated heterocycles. The monoisotopic (exact) mass is 470 g/mol. The highest BCUT2D eigenvalue weighted by molar-refractivity contribution is 6.00. The first-order chi connectivity index (χ1) is 16.9. The van der Waals surface area contributed by atoms with Crippen molar-refractivity contribution < 1.29 is 15.0 Å². The van der Waals surface area contributed by atoms with Crippen molar-refractivity contribution in [2.45, 2.75) is 39.2 Å². The van der Waals surface area contributed by atoms with Crippen LogP contribution in [0.4, 0.5) is 0 Å². The van der Waals surface area contributed by atoms with Gasteiger partial charge in [0.15, 0.2) is 0 Å². The van der Waals surface area contributed by atoms with Crippen LogP contribution in [0.5, 0.6) is 11.5 Å². The fourth-order valence-corrected chi connectivity index (χ4v) is 4.16. The van der Waals surface area contributed by atoms with Crippen LogP contribution in [-0.2, 0) is 11.3 Å². The maximum absolute atomic E-state index is 12.1. The highest BCUT2D eigenvalue weighted by Gasteiger charge is 2.16. The van der Waals surface area contributed by atoms with Gasteiger partial charge in [-0.05, 0) is 54.4 Å². The number of hydrogen-bond donors (Lipinski definition) is 6. The molecule has 0 saturated carbocycles. The summed E-state index contributed by atoms with van der Waals surface area (Å²) in [6.07, 6.45) is 3.46. The third-order valence-corrected chi connectivity index (χ3v) is 6.11. The molecular weight excluding hydrogens is 440 g/mol. The highest BCUT2D eigenvalue weighted by atomic mass is 16.3. The Morgan fingerprint density at radius 1 is 1.00 bits per heavy atom. The average Bonchev–Trinajstić information content (AvgIpc) is 3.27. The van der Waals surface area contributed by atoms with Crippen molar-refractivity contribution >= 4 is 22.6 Å². The quantitative estimate of drug-likeness (QED) is 0.111. The zero-order chi connectivity index (χ0) is 24.9. The summed E-state index contributed by atoms with van der Waals surface area (Å²) in [6, 6.07) is 17.8. The first-order valence-electron chi connectivity index (χ1n) is 11.8. The van der Waals surface area contributed by atoms with E-state index in [9.17, 15) is 15.0 Å². The van der Waals surface area contributed by atoms with Crippen LogP contribution in [0, 0.1) is 5.41 Å². The van der Waals surface area contributed by atoms with Crippen molar-refractivity contribution in [1.29, 1.82) is 5.41 Å². The van der Waals surface area contributed by atoms with E-state index in [4.69, 9.17) is 11.1 Å². The van der Waals surface area contributed by atoms with Gasteiger partial charge in [-0.2, -0.15) is 0 Å². The average molecular weight is 471 g/mol. The summed E-state index contributed by atoms with van der Waals surface area (Å²) in [5.41, 5.74) is 10.2. The Kier molecular flexibility index (Phi) is 7.06. The smallest absolute Gasteiger partial charge is 0.220 e. The largest absolute Gasteiger partial charge is 0.507 e. The second-order valence-electron chi connectivity index (χ2n) is 8.69. The summed E-state index contributed by atoms with van der Waals surface area (Å²) < 4.78 is 0. The molecule has 0 spiro atoms. The molecule has 1 aromatic heterocycles. The van der Waals surface area contributed by atoms with Gasteiger partial charge >= 0.3 is 0 Å². The predicted molar refractivity (Wildman–Crippen MR) is 140 cm³/mol. The van der Waals surface area contributed by atoms with Crippen molar-refractivity contribution in [1.82, 2.24) is 10.3 Å². The van der Waals surface area contributed by atoms with Crippen LogP contribution in [0.2, 0.25) is 0 Å². The van der Waals surface area contributed by atoms with E-state index in [0.29, 0.717) is 40.9 Å². The van der Waals surface area contributed by atoms with Crippen LogP contribution in [0.15, 0.2) is 60.7 Å². The van der Waals surface area contributed by atoms with Gasteiger partial charge in [0.2, 0.25) is 5.91 Å². The number of hydrogen-bond acceptors (Lipinski definition) is 4. The van der Waals surface area contributed by atoms with Crippen LogP contribution in [0.1, 0.15) is 43.7 Å². The molecule has 0 aliphatic carbocycles. The lowest BCUT2D eigenvalue weighted by atomic mass is 9.97. The summed E-state index contributed by atoms with van der Waals surface area (Å²) in [5.74, 6) is 0.0665. The number of carbonyl (C=O) groups is 1. The Morgan fingerprint density at radius 2 is 1.80 bits per heavy atom. The normalized spacial score (nSPS) is 11.0. The Morgan fingerprint density at radius 3 is 2.57 bits per heavy atom. The lowest BCUT2D eigenvalue weighted by molar-refractivity contribution is -0.121. The Bertz CT molecular complexity index is 1390. The summed E-state index contributed by atoms with van der Waals surface area (Å²) in [7, 11) is 0. The minimum Gasteiger partial charge on any atom is -0.507 e. The summed E-state index contributed by atoms with van der Waals surface area (Å²) in [5, 5.41) is 33.2. The third-order valence-electron chi connectivity index (χ3n) is 6.11. The minimum atomic E-state index is -0.00741. The van der Waals surface area contributed by atoms with Gasteiger partial charge in [0.25, 0.3) is 0 Å². The van der Waals surface area contributed by atoms with Crippen LogP contribution >= 0.6 is 0 Å². The SMILES string of the molecule is CCCCCC(=O)NCc1ccc(O)c(-c2cccc(-c3cc4cc(C(=N)N)ccc4[nH]3)c2O)c1. The van der Waals surface area contributed by atoms with Gasteiger partial charge in [-0.1, -0.05) is 38.0 Å². The second kappa shape index (κ2) is 10.3. The van der Waals surface area contributed by atoms with E-state index in [0.717, 1.165) is 35.7 Å². The van der Waals surface area contributed by atoms with Gasteiger partial charge in [0, 0.05) is 46.1 Å². The van der Waals surface area contributed by atoms with Gasteiger partial charge in [0.1, 0.15) is 17.3 Å². The van der Waals surface area contributed by atoms with Gasteiger partial charge in [-0.25, -0.2) is 0 Å². The molecule has 0 unspecified atom stereocenters. The molecular formula is C28H30N4O3. The van der Waals surface area contributed by atoms with Crippen molar-refractivity contribution in [3.05, 3.63) is 71.8 Å². The number of benzene rings is 3. The lowest BCUT2D eigenvalue weighted by Crippen LogP contribution is -2.22. The minimum absolute atomic E-state index is 0.00432. The van der Waals surface area contributed by atoms with E-state index in [2.05, 4.69) is 17.2 Å². The van der Waals surface area contributed by atoms with Gasteiger partial charge in [-0.15, -0.1) is 0 Å². The number of aromatic hydroxyl groups is 2. The standard InChI is InChI=1S/C28H30N4O3/c1-2-3-4-8-26(34)31-16-17-9-12-25(33)22(13-17)20-6-5-7-21(27(20)35)24-15-19-14-18(28(29)30)10-11-23(19)32-24/h5-7,9-15,32-33,35H,2-4,8,16H2,1H3,(H3,29,30)(H,31,34). The summed E-state index contributed by atoms with van der Waals surface area (Å²) in [4.78, 5) is 15.4. The fourth-order valence-electron chi connectivity index (χ4n) is 4.16. The predicted octanol–water partition coefficient (Wildman–Crippen LogP) is 5.39. The number of nitrogen functional groups attached to an aromatic ring is 1. The van der Waals surface area contributed by atoms with Crippen LogP contribution in [-0.4, -0.2) is 26.9 Å². The first-order valence-corrected chi connectivity index (χ1v) is 11.8. The zero-order valence-electron chi connectivity index (χ0n) is 19.7. The number of amides is 1. The van der Waals surface area contributed by atoms with Crippen molar-refractivity contribution in [3.8, 4) is 33.9 Å². The van der Waals surface area contributed by atoms with Crippen molar-refractivity contribution in [3.63, 3.8) is 0 Å². The molecule has 7 heteroatoms. The number of rotatable bonds is 9. The van der Waals surface area contributed by atoms with E-state index < -0.39 is 0 Å². The Labute approximate surface area is 204 Å². The molecule has 7 N–H and O–H groups in total. The molecule has 0 aliphatic heterocycles. The van der Waals surface area contributed by atoms with E-state index in [1.165, 1.54) is 0 Å². The van der Waals surface area contributed by atoms with E-state index in [-0.39, 0.29) is 23.2 Å². The highest BCUT2D eigenvalue weighted by Crippen LogP contribution is 2.41. The van der Waals surface area contributed by atoms with Gasteiger partial charge in [0.05, 0.1) is 5.69 Å². The number of amidine groups is 1. The lowest BCUT2D eigenvalue weighted by Gasteiger charge is -2.13. The van der Waals surface area contributed by atoms with Crippen LogP contribution in [0.3, 0.4) is 0 Å². The third kappa shape index (κ3) is 5.30. The molecule has 0 radical (unpaired) electrons. The molecule has 0 fully saturated rings. The second-order valence-corrected chi connectivity index (χ2v) is 8.69. The zero-order valence-corrected chi connectivity index (χ0v) is 19.7. The number of fused-ring (bicyclic) bond motifs is 1. The van der Waals surface area contributed by atoms with Crippen molar-refractivity contribution in [2.24, 2.45) is 5.73 Å². The molecule has 0 atom stereocenters. The van der Waals surface area contributed by atoms with E-state index in [1.807, 2.05) is 24.3 Å². The molecule has 35 heavy (non-hydrogen) atoms. The molecule has 1 amide bonds. The van der Waals surface area contributed by atoms with E-state index >= 15 is 0 Å². The number of para-hydroxylation sites is 1. The molecule has 3 aromatic carbocycles. The number of carbonyl (C=O) groups excluding carboxylic acids is 1. The maximum Gasteiger partial charge on any atom is 0.220 e.